The predicted octanol–water partition coefficient (Wildman–Crippen LogP) is 3.17. The SMILES string of the molecule is CCc1ccc(OCc2nc(NN)ccc2Cl)c(OC)c1. The number of benzene rings is 1. The third-order valence-corrected chi connectivity index (χ3v) is 3.41. The average molecular weight is 308 g/mol. The van der Waals surface area contributed by atoms with Crippen molar-refractivity contribution in [3.8, 4) is 11.5 Å². The molecule has 2 aromatic rings. The lowest BCUT2D eigenvalue weighted by molar-refractivity contribution is 0.280. The molecule has 0 saturated heterocycles. The van der Waals surface area contributed by atoms with Crippen molar-refractivity contribution in [2.24, 2.45) is 5.84 Å². The number of nitrogens with one attached hydrogen (secondary N) is 1. The zero-order valence-corrected chi connectivity index (χ0v) is 12.8. The van der Waals surface area contributed by atoms with Gasteiger partial charge in [-0.1, -0.05) is 24.6 Å². The minimum atomic E-state index is 0.232. The lowest BCUT2D eigenvalue weighted by Crippen LogP contribution is -2.10. The van der Waals surface area contributed by atoms with E-state index in [-0.39, 0.29) is 6.61 Å². The predicted molar refractivity (Wildman–Crippen MR) is 83.8 cm³/mol. The molecule has 5 nitrogen and oxygen atoms in total. The number of nitrogens with zero attached hydrogens (tertiary/aromatic N) is 1. The van der Waals surface area contributed by atoms with Gasteiger partial charge < -0.3 is 14.9 Å². The maximum Gasteiger partial charge on any atom is 0.161 e. The summed E-state index contributed by atoms with van der Waals surface area (Å²) in [5.41, 5.74) is 4.27. The van der Waals surface area contributed by atoms with Crippen LogP contribution in [0.4, 0.5) is 5.82 Å². The van der Waals surface area contributed by atoms with E-state index in [4.69, 9.17) is 26.9 Å². The summed E-state index contributed by atoms with van der Waals surface area (Å²) < 4.78 is 11.1. The average Bonchev–Trinajstić information content (AvgIpc) is 2.54. The molecule has 0 aliphatic carbocycles. The van der Waals surface area contributed by atoms with E-state index in [1.807, 2.05) is 18.2 Å². The summed E-state index contributed by atoms with van der Waals surface area (Å²) in [6.07, 6.45) is 0.939. The molecule has 112 valence electrons. The minimum absolute atomic E-state index is 0.232. The number of hydrazine groups is 1. The highest BCUT2D eigenvalue weighted by Gasteiger charge is 2.09. The van der Waals surface area contributed by atoms with Crippen molar-refractivity contribution in [2.75, 3.05) is 12.5 Å². The van der Waals surface area contributed by atoms with Crippen LogP contribution in [-0.4, -0.2) is 12.1 Å². The Hall–Kier alpha value is -1.98. The van der Waals surface area contributed by atoms with Crippen LogP contribution in [0.2, 0.25) is 5.02 Å². The van der Waals surface area contributed by atoms with Crippen LogP contribution in [0.3, 0.4) is 0 Å². The summed E-state index contributed by atoms with van der Waals surface area (Å²) in [6, 6.07) is 9.27. The van der Waals surface area contributed by atoms with Crippen LogP contribution in [0.1, 0.15) is 18.2 Å². The van der Waals surface area contributed by atoms with Crippen molar-refractivity contribution in [3.63, 3.8) is 0 Å². The third kappa shape index (κ3) is 3.77. The highest BCUT2D eigenvalue weighted by Crippen LogP contribution is 2.29. The molecule has 0 amide bonds. The molecule has 6 heteroatoms. The molecule has 21 heavy (non-hydrogen) atoms. The lowest BCUT2D eigenvalue weighted by Gasteiger charge is -2.12. The van der Waals surface area contributed by atoms with E-state index >= 15 is 0 Å². The minimum Gasteiger partial charge on any atom is -0.493 e. The van der Waals surface area contributed by atoms with Gasteiger partial charge in [-0.15, -0.1) is 0 Å². The molecule has 0 bridgehead atoms. The topological polar surface area (TPSA) is 69.4 Å². The van der Waals surface area contributed by atoms with Gasteiger partial charge >= 0.3 is 0 Å². The number of hydrogen-bond acceptors (Lipinski definition) is 5. The van der Waals surface area contributed by atoms with Gasteiger partial charge in [0.05, 0.1) is 17.8 Å². The standard InChI is InChI=1S/C15H18ClN3O2/c1-3-10-4-6-13(14(8-10)20-2)21-9-12-11(16)5-7-15(18-12)19-17/h4-8H,3,9,17H2,1-2H3,(H,18,19). The molecule has 0 aliphatic rings. The van der Waals surface area contributed by atoms with Gasteiger partial charge in [-0.05, 0) is 36.2 Å². The van der Waals surface area contributed by atoms with E-state index in [0.29, 0.717) is 28.0 Å². The first kappa shape index (κ1) is 15.4. The number of hydrogen-bond donors (Lipinski definition) is 2. The smallest absolute Gasteiger partial charge is 0.161 e. The lowest BCUT2D eigenvalue weighted by atomic mass is 10.1. The largest absolute Gasteiger partial charge is 0.493 e. The summed E-state index contributed by atoms with van der Waals surface area (Å²) in [6.45, 7) is 2.32. The normalized spacial score (nSPS) is 10.3. The number of methoxy groups -OCH3 is 1. The van der Waals surface area contributed by atoms with Gasteiger partial charge in [-0.25, -0.2) is 10.8 Å². The van der Waals surface area contributed by atoms with Crippen LogP contribution in [0, 0.1) is 0 Å². The number of nitrogens with two attached hydrogens (primary N) is 1. The number of pyridine rings is 1. The fraction of sp³-hybridized carbons (Fsp3) is 0.267. The van der Waals surface area contributed by atoms with E-state index in [2.05, 4.69) is 17.3 Å². The van der Waals surface area contributed by atoms with Gasteiger partial charge in [-0.3, -0.25) is 0 Å². The van der Waals surface area contributed by atoms with Gasteiger partial charge in [0.2, 0.25) is 0 Å². The quantitative estimate of drug-likeness (QED) is 0.633. The first-order chi connectivity index (χ1) is 10.2. The van der Waals surface area contributed by atoms with Gasteiger partial charge in [0, 0.05) is 0 Å². The molecule has 1 aromatic heterocycles. The van der Waals surface area contributed by atoms with E-state index in [1.165, 1.54) is 5.56 Å². The van der Waals surface area contributed by atoms with Gasteiger partial charge in [0.15, 0.2) is 11.5 Å². The molecule has 0 fully saturated rings. The second-order valence-corrected chi connectivity index (χ2v) is 4.80. The van der Waals surface area contributed by atoms with Gasteiger partial charge in [0.1, 0.15) is 12.4 Å². The number of nitrogen functional groups attached to an aromatic ring is 1. The summed E-state index contributed by atoms with van der Waals surface area (Å²) in [7, 11) is 1.62. The zero-order valence-electron chi connectivity index (χ0n) is 12.0. The third-order valence-electron chi connectivity index (χ3n) is 3.07. The van der Waals surface area contributed by atoms with Crippen molar-refractivity contribution in [1.82, 2.24) is 4.98 Å². The monoisotopic (exact) mass is 307 g/mol. The molecule has 0 aliphatic heterocycles. The second kappa shape index (κ2) is 7.15. The molecule has 0 atom stereocenters. The van der Waals surface area contributed by atoms with Crippen LogP contribution in [0.25, 0.3) is 0 Å². The fourth-order valence-electron chi connectivity index (χ4n) is 1.86. The van der Waals surface area contributed by atoms with Crippen LogP contribution >= 0.6 is 11.6 Å². The second-order valence-electron chi connectivity index (χ2n) is 4.40. The number of aryl methyl sites for hydroxylation is 1. The van der Waals surface area contributed by atoms with Crippen molar-refractivity contribution in [3.05, 3.63) is 46.6 Å². The molecule has 3 N–H and O–H groups in total. The van der Waals surface area contributed by atoms with Crippen molar-refractivity contribution in [1.29, 1.82) is 0 Å². The Labute approximate surface area is 129 Å². The summed E-state index contributed by atoms with van der Waals surface area (Å²) >= 11 is 6.10. The Kier molecular flexibility index (Phi) is 5.25. The maximum absolute atomic E-state index is 6.10. The molecule has 0 radical (unpaired) electrons. The van der Waals surface area contributed by atoms with Gasteiger partial charge in [0.25, 0.3) is 0 Å². The number of aromatic nitrogens is 1. The first-order valence-electron chi connectivity index (χ1n) is 6.59. The Morgan fingerprint density at radius 1 is 1.24 bits per heavy atom. The molecule has 0 saturated carbocycles. The van der Waals surface area contributed by atoms with E-state index in [0.717, 1.165) is 6.42 Å². The number of ether oxygens (including phenoxy) is 2. The van der Waals surface area contributed by atoms with E-state index < -0.39 is 0 Å². The summed E-state index contributed by atoms with van der Waals surface area (Å²) in [5, 5.41) is 0.526. The number of anilines is 1. The molecule has 1 aromatic carbocycles. The van der Waals surface area contributed by atoms with Crippen LogP contribution in [-0.2, 0) is 13.0 Å². The van der Waals surface area contributed by atoms with Crippen LogP contribution < -0.4 is 20.7 Å². The van der Waals surface area contributed by atoms with E-state index in [9.17, 15) is 0 Å². The van der Waals surface area contributed by atoms with Crippen LogP contribution in [0.5, 0.6) is 11.5 Å². The van der Waals surface area contributed by atoms with Crippen molar-refractivity contribution >= 4 is 17.4 Å². The Morgan fingerprint density at radius 2 is 2.05 bits per heavy atom. The number of halogens is 1. The van der Waals surface area contributed by atoms with Crippen LogP contribution in [0.15, 0.2) is 30.3 Å². The fourth-order valence-corrected chi connectivity index (χ4v) is 2.02. The Balaban J connectivity index is 2.16. The molecular formula is C15H18ClN3O2. The van der Waals surface area contributed by atoms with Gasteiger partial charge in [-0.2, -0.15) is 0 Å². The molecule has 0 spiro atoms. The highest BCUT2D eigenvalue weighted by atomic mass is 35.5. The van der Waals surface area contributed by atoms with Crippen molar-refractivity contribution in [2.45, 2.75) is 20.0 Å². The molecule has 0 unspecified atom stereocenters. The first-order valence-corrected chi connectivity index (χ1v) is 6.97. The van der Waals surface area contributed by atoms with Crippen molar-refractivity contribution < 1.29 is 9.47 Å². The molecule has 2 rings (SSSR count). The molecular weight excluding hydrogens is 290 g/mol. The zero-order chi connectivity index (χ0) is 15.2. The Morgan fingerprint density at radius 3 is 2.71 bits per heavy atom. The summed E-state index contributed by atoms with van der Waals surface area (Å²) in [5.74, 6) is 7.22. The Bertz CT molecular complexity index is 620. The molecule has 1 heterocycles. The van der Waals surface area contributed by atoms with E-state index in [1.54, 1.807) is 19.2 Å². The highest BCUT2D eigenvalue weighted by molar-refractivity contribution is 6.31. The summed E-state index contributed by atoms with van der Waals surface area (Å²) in [4.78, 5) is 4.26. The maximum atomic E-state index is 6.10. The number of rotatable bonds is 6.